The number of rotatable bonds is 3. The van der Waals surface area contributed by atoms with Crippen molar-refractivity contribution in [3.63, 3.8) is 0 Å². The minimum atomic E-state index is -3.30. The molecule has 0 aliphatic rings. The molecule has 0 aliphatic carbocycles. The molecule has 6 heteroatoms. The fourth-order valence-corrected chi connectivity index (χ4v) is 3.51. The zero-order valence-corrected chi connectivity index (χ0v) is 9.68. The average Bonchev–Trinajstić information content (AvgIpc) is 2.47. The van der Waals surface area contributed by atoms with Crippen LogP contribution in [0, 0.1) is 6.92 Å². The van der Waals surface area contributed by atoms with Crippen LogP contribution in [0.25, 0.3) is 0 Å². The lowest BCUT2D eigenvalue weighted by Crippen LogP contribution is -2.17. The highest BCUT2D eigenvalue weighted by molar-refractivity contribution is 7.91. The first kappa shape index (κ1) is 11.0. The monoisotopic (exact) mass is 239 g/mol. The Morgan fingerprint density at radius 3 is 2.62 bits per heavy atom. The van der Waals surface area contributed by atoms with Gasteiger partial charge in [0.05, 0.1) is 5.88 Å². The molecule has 0 radical (unpaired) electrons. The van der Waals surface area contributed by atoms with Crippen LogP contribution in [0.1, 0.15) is 10.4 Å². The van der Waals surface area contributed by atoms with Crippen LogP contribution in [0.3, 0.4) is 0 Å². The van der Waals surface area contributed by atoms with Gasteiger partial charge in [0.15, 0.2) is 0 Å². The summed E-state index contributed by atoms with van der Waals surface area (Å²) in [5, 5.41) is 0. The third-order valence-electron chi connectivity index (χ3n) is 1.65. The van der Waals surface area contributed by atoms with Gasteiger partial charge >= 0.3 is 0 Å². The summed E-state index contributed by atoms with van der Waals surface area (Å²) in [4.78, 5) is 0.899. The molecule has 3 nitrogen and oxygen atoms in total. The number of sulfonamides is 1. The van der Waals surface area contributed by atoms with Gasteiger partial charge in [0, 0.05) is 4.88 Å². The molecule has 0 aromatic carbocycles. The van der Waals surface area contributed by atoms with Gasteiger partial charge in [-0.2, -0.15) is 0 Å². The van der Waals surface area contributed by atoms with E-state index in [0.717, 1.165) is 10.4 Å². The summed E-state index contributed by atoms with van der Waals surface area (Å²) in [6, 6.07) is 1.63. The van der Waals surface area contributed by atoms with Gasteiger partial charge in [-0.25, -0.2) is 13.1 Å². The van der Waals surface area contributed by atoms with Crippen molar-refractivity contribution >= 4 is 33.0 Å². The van der Waals surface area contributed by atoms with E-state index in [9.17, 15) is 8.42 Å². The second-order valence-corrected chi connectivity index (χ2v) is 6.03. The van der Waals surface area contributed by atoms with E-state index in [4.69, 9.17) is 11.6 Å². The van der Waals surface area contributed by atoms with Crippen molar-refractivity contribution in [1.82, 2.24) is 4.72 Å². The Hall–Kier alpha value is -0.100. The Balaban J connectivity index is 3.19. The largest absolute Gasteiger partial charge is 0.249 e. The summed E-state index contributed by atoms with van der Waals surface area (Å²) in [7, 11) is -1.91. The van der Waals surface area contributed by atoms with Gasteiger partial charge in [-0.15, -0.1) is 22.9 Å². The molecular formula is C7H10ClNO2S2. The van der Waals surface area contributed by atoms with Gasteiger partial charge in [-0.1, -0.05) is 0 Å². The smallest absolute Gasteiger partial charge is 0.214 e. The molecule has 0 saturated carbocycles. The van der Waals surface area contributed by atoms with E-state index in [0.29, 0.717) is 10.1 Å². The van der Waals surface area contributed by atoms with E-state index >= 15 is 0 Å². The zero-order chi connectivity index (χ0) is 10.1. The molecule has 74 valence electrons. The molecule has 0 spiro atoms. The summed E-state index contributed by atoms with van der Waals surface area (Å²) in [5.41, 5.74) is 0.925. The molecule has 1 N–H and O–H groups in total. The van der Waals surface area contributed by atoms with E-state index in [2.05, 4.69) is 4.72 Å². The van der Waals surface area contributed by atoms with Crippen LogP contribution in [0.5, 0.6) is 0 Å². The van der Waals surface area contributed by atoms with Crippen LogP contribution >= 0.6 is 22.9 Å². The quantitative estimate of drug-likeness (QED) is 0.817. The maximum Gasteiger partial charge on any atom is 0.249 e. The van der Waals surface area contributed by atoms with Crippen molar-refractivity contribution in [2.24, 2.45) is 0 Å². The van der Waals surface area contributed by atoms with Crippen molar-refractivity contribution in [1.29, 1.82) is 0 Å². The summed E-state index contributed by atoms with van der Waals surface area (Å²) in [6.45, 7) is 1.85. The van der Waals surface area contributed by atoms with Crippen LogP contribution < -0.4 is 4.72 Å². The Kier molecular flexibility index (Phi) is 3.34. The second-order valence-electron chi connectivity index (χ2n) is 2.51. The number of alkyl halides is 1. The Morgan fingerprint density at radius 2 is 2.23 bits per heavy atom. The first-order valence-electron chi connectivity index (χ1n) is 3.60. The van der Waals surface area contributed by atoms with Gasteiger partial charge < -0.3 is 0 Å². The fraction of sp³-hybridized carbons (Fsp3) is 0.429. The van der Waals surface area contributed by atoms with Gasteiger partial charge in [0.25, 0.3) is 0 Å². The molecule has 13 heavy (non-hydrogen) atoms. The van der Waals surface area contributed by atoms with Crippen LogP contribution in [0.2, 0.25) is 0 Å². The molecular weight excluding hydrogens is 230 g/mol. The maximum atomic E-state index is 11.3. The number of nitrogens with one attached hydrogen (secondary N) is 1. The third kappa shape index (κ3) is 2.22. The second kappa shape index (κ2) is 3.96. The molecule has 1 aromatic rings. The Bertz CT molecular complexity index is 397. The zero-order valence-electron chi connectivity index (χ0n) is 7.30. The van der Waals surface area contributed by atoms with Crippen LogP contribution in [0.15, 0.2) is 10.3 Å². The lowest BCUT2D eigenvalue weighted by Gasteiger charge is -1.95. The highest BCUT2D eigenvalue weighted by Gasteiger charge is 2.16. The van der Waals surface area contributed by atoms with E-state index in [1.165, 1.54) is 18.4 Å². The minimum absolute atomic E-state index is 0.322. The van der Waals surface area contributed by atoms with Gasteiger partial charge in [0.1, 0.15) is 4.21 Å². The fourth-order valence-electron chi connectivity index (χ4n) is 0.854. The third-order valence-corrected chi connectivity index (χ3v) is 5.20. The number of halogens is 1. The summed E-state index contributed by atoms with van der Waals surface area (Å²) in [6.07, 6.45) is 0. The molecule has 0 fully saturated rings. The van der Waals surface area contributed by atoms with Crippen molar-refractivity contribution < 1.29 is 8.42 Å². The van der Waals surface area contributed by atoms with Crippen LogP contribution in [0.4, 0.5) is 0 Å². The normalized spacial score (nSPS) is 11.9. The molecule has 0 atom stereocenters. The number of hydrogen-bond acceptors (Lipinski definition) is 3. The summed E-state index contributed by atoms with van der Waals surface area (Å²) in [5.74, 6) is 0.357. The Labute approximate surface area is 86.8 Å². The van der Waals surface area contributed by atoms with E-state index in [1.807, 2.05) is 6.92 Å². The number of thiophene rings is 1. The van der Waals surface area contributed by atoms with Crippen LogP contribution in [-0.2, 0) is 15.9 Å². The lowest BCUT2D eigenvalue weighted by atomic mass is 10.3. The van der Waals surface area contributed by atoms with Crippen molar-refractivity contribution in [2.75, 3.05) is 7.05 Å². The molecule has 0 bridgehead atoms. The molecule has 0 amide bonds. The van der Waals surface area contributed by atoms with E-state index < -0.39 is 10.0 Å². The van der Waals surface area contributed by atoms with Crippen molar-refractivity contribution in [3.8, 4) is 0 Å². The van der Waals surface area contributed by atoms with E-state index in [1.54, 1.807) is 6.07 Å². The SMILES string of the molecule is CNS(=O)(=O)c1cc(C)c(CCl)s1. The first-order chi connectivity index (χ1) is 6.01. The van der Waals surface area contributed by atoms with Gasteiger partial charge in [-0.05, 0) is 25.6 Å². The summed E-state index contributed by atoms with van der Waals surface area (Å²) < 4.78 is 25.3. The van der Waals surface area contributed by atoms with E-state index in [-0.39, 0.29) is 0 Å². The predicted molar refractivity (Wildman–Crippen MR) is 54.9 cm³/mol. The molecule has 0 aliphatic heterocycles. The average molecular weight is 240 g/mol. The molecule has 1 aromatic heterocycles. The standard InChI is InChI=1S/C7H10ClNO2S2/c1-5-3-7(12-6(5)4-8)13(10,11)9-2/h3,9H,4H2,1-2H3. The molecule has 0 saturated heterocycles. The minimum Gasteiger partial charge on any atom is -0.214 e. The molecule has 1 heterocycles. The number of hydrogen-bond donors (Lipinski definition) is 1. The maximum absolute atomic E-state index is 11.3. The van der Waals surface area contributed by atoms with Crippen molar-refractivity contribution in [2.45, 2.75) is 17.0 Å². The number of aryl methyl sites for hydroxylation is 1. The Morgan fingerprint density at radius 1 is 1.62 bits per heavy atom. The van der Waals surface area contributed by atoms with Crippen molar-refractivity contribution in [3.05, 3.63) is 16.5 Å². The highest BCUT2D eigenvalue weighted by atomic mass is 35.5. The van der Waals surface area contributed by atoms with Gasteiger partial charge in [-0.3, -0.25) is 0 Å². The topological polar surface area (TPSA) is 46.2 Å². The lowest BCUT2D eigenvalue weighted by molar-refractivity contribution is 0.590. The van der Waals surface area contributed by atoms with Gasteiger partial charge in [0.2, 0.25) is 10.0 Å². The molecule has 1 rings (SSSR count). The first-order valence-corrected chi connectivity index (χ1v) is 6.43. The highest BCUT2D eigenvalue weighted by Crippen LogP contribution is 2.26. The summed E-state index contributed by atoms with van der Waals surface area (Å²) >= 11 is 6.84. The van der Waals surface area contributed by atoms with Crippen LogP contribution in [-0.4, -0.2) is 15.5 Å². The predicted octanol–water partition coefficient (Wildman–Crippen LogP) is 1.70. The molecule has 0 unspecified atom stereocenters.